The number of alkyl carbamates (subject to hydrolysis) is 1. The number of nitrogens with one attached hydrogen (secondary N) is 5. The molecule has 1 saturated heterocycles. The summed E-state index contributed by atoms with van der Waals surface area (Å²) >= 11 is 0. The number of likely N-dealkylation sites (N-methyl/N-ethyl adjacent to an activating group) is 1. The van der Waals surface area contributed by atoms with Gasteiger partial charge >= 0.3 is 24.1 Å². The first-order valence-electron chi connectivity index (χ1n) is 26.5. The van der Waals surface area contributed by atoms with Crippen LogP contribution < -0.4 is 31.3 Å². The van der Waals surface area contributed by atoms with Gasteiger partial charge in [0.15, 0.2) is 11.8 Å². The maximum atomic E-state index is 13.1. The van der Waals surface area contributed by atoms with Crippen molar-refractivity contribution in [2.45, 2.75) is 115 Å². The number of allylic oxidation sites excluding steroid dienone is 3. The maximum absolute atomic E-state index is 13.1. The summed E-state index contributed by atoms with van der Waals surface area (Å²) in [6, 6.07) is 7.64. The molecule has 4 saturated carbocycles. The van der Waals surface area contributed by atoms with Crippen molar-refractivity contribution in [3.63, 3.8) is 0 Å². The molecule has 3 heterocycles. The molecule has 0 spiro atoms. The van der Waals surface area contributed by atoms with Gasteiger partial charge in [-0.15, -0.1) is 0 Å². The number of benzene rings is 1. The third-order valence-electron chi connectivity index (χ3n) is 15.0. The van der Waals surface area contributed by atoms with Crippen LogP contribution in [0.2, 0.25) is 0 Å². The van der Waals surface area contributed by atoms with Gasteiger partial charge in [0.05, 0.1) is 43.2 Å². The van der Waals surface area contributed by atoms with E-state index in [0.717, 1.165) is 61.3 Å². The second kappa shape index (κ2) is 26.0. The van der Waals surface area contributed by atoms with Crippen LogP contribution in [0.5, 0.6) is 5.75 Å². The smallest absolute Gasteiger partial charge is 0.414 e. The minimum atomic E-state index is -2.03. The fourth-order valence-corrected chi connectivity index (χ4v) is 12.7. The molecule has 4 bridgehead atoms. The van der Waals surface area contributed by atoms with E-state index in [4.69, 9.17) is 28.4 Å². The molecule has 440 valence electrons. The van der Waals surface area contributed by atoms with E-state index in [1.54, 1.807) is 18.2 Å². The van der Waals surface area contributed by atoms with Gasteiger partial charge in [-0.25, -0.2) is 24.2 Å². The molecule has 26 heteroatoms. The van der Waals surface area contributed by atoms with Crippen molar-refractivity contribution in [3.8, 4) is 5.75 Å². The molecule has 2 aliphatic heterocycles. The van der Waals surface area contributed by atoms with Crippen molar-refractivity contribution in [2.75, 3.05) is 65.0 Å². The fraction of sp³-hybridized carbons (Fsp3) is 0.545. The summed E-state index contributed by atoms with van der Waals surface area (Å²) in [4.78, 5) is 103. The molecule has 4 aliphatic carbocycles. The average Bonchev–Trinajstić information content (AvgIpc) is 1.39. The van der Waals surface area contributed by atoms with E-state index in [2.05, 4.69) is 52.0 Å². The van der Waals surface area contributed by atoms with E-state index >= 15 is 0 Å². The standard InChI is InChI=1S/C55H71N7O19/c1-6-34(35-9-8-33(22-39(64)56-5)60-42(35)47(70)71)31(2)59-30-54-25-52(3)24-53(4,26-54)28-55(27-52,29-54)79-18-15-58-50(74)78-23-32-7-10-36(61-51(75)81-49-45(69)43(67)44(68)46(80-49)48(72)73)37(21-32)77-20-19-76-17-14-57-38(63)13-16-62-40(65)11-12-41(62)66/h6-12,21,43-46,49,59,67-69H,1,13-20,22-30H2,2-5H3,(H,56,64)(H,57,63)(H,58,74)(H,61,75)(H,70,71)(H,72,73)/b34-31+/t43-,44-,45+,46?,49-,52?,53?,54?,55?/m0/s1. The van der Waals surface area contributed by atoms with E-state index in [0.29, 0.717) is 28.9 Å². The summed E-state index contributed by atoms with van der Waals surface area (Å²) in [5.41, 5.74) is 1.62. The molecule has 1 aromatic heterocycles. The van der Waals surface area contributed by atoms with Gasteiger partial charge in [-0.2, -0.15) is 0 Å². The molecular formula is C55H71N7O19. The molecule has 7 atom stereocenters. The number of aliphatic hydroxyl groups excluding tert-OH is 3. The van der Waals surface area contributed by atoms with Crippen molar-refractivity contribution < 1.29 is 92.3 Å². The second-order valence-electron chi connectivity index (χ2n) is 22.0. The summed E-state index contributed by atoms with van der Waals surface area (Å²) in [6.07, 6.45) is -2.96. The Labute approximate surface area is 466 Å². The molecule has 2 aromatic rings. The average molecular weight is 1130 g/mol. The first kappa shape index (κ1) is 61.1. The predicted molar refractivity (Wildman–Crippen MR) is 284 cm³/mol. The summed E-state index contributed by atoms with van der Waals surface area (Å²) in [5.74, 6) is -4.58. The van der Waals surface area contributed by atoms with Crippen LogP contribution in [-0.4, -0.2) is 179 Å². The second-order valence-corrected chi connectivity index (χ2v) is 22.0. The zero-order valence-electron chi connectivity index (χ0n) is 45.6. The number of anilines is 1. The lowest BCUT2D eigenvalue weighted by Gasteiger charge is -2.69. The number of hydrogen-bond donors (Lipinski definition) is 10. The van der Waals surface area contributed by atoms with Gasteiger partial charge in [0.1, 0.15) is 37.3 Å². The normalized spacial score (nSPS) is 27.4. The first-order valence-corrected chi connectivity index (χ1v) is 26.5. The molecule has 10 N–H and O–H groups in total. The topological polar surface area (TPSA) is 369 Å². The summed E-state index contributed by atoms with van der Waals surface area (Å²) in [5, 5.41) is 64.0. The summed E-state index contributed by atoms with van der Waals surface area (Å²) in [6.45, 7) is 11.1. The van der Waals surface area contributed by atoms with Crippen molar-refractivity contribution in [2.24, 2.45) is 16.2 Å². The van der Waals surface area contributed by atoms with Crippen LogP contribution in [0, 0.1) is 16.2 Å². The molecule has 5 fully saturated rings. The minimum Gasteiger partial charge on any atom is -0.489 e. The van der Waals surface area contributed by atoms with Crippen molar-refractivity contribution in [3.05, 3.63) is 83.4 Å². The number of nitrogens with zero attached hydrogens (tertiary/aromatic N) is 2. The number of carbonyl (C=O) groups is 8. The molecule has 1 aromatic carbocycles. The number of aromatic nitrogens is 1. The number of aliphatic hydroxyl groups is 3. The molecule has 8 rings (SSSR count). The summed E-state index contributed by atoms with van der Waals surface area (Å²) in [7, 11) is 1.50. The highest BCUT2D eigenvalue weighted by molar-refractivity contribution is 6.13. The first-order chi connectivity index (χ1) is 38.4. The highest BCUT2D eigenvalue weighted by Crippen LogP contribution is 2.71. The number of pyridine rings is 1. The third kappa shape index (κ3) is 15.3. The SMILES string of the molecule is C=C/C(=C(/C)NCC12CC3(C)CC(C)(C1)CC(OCCNC(=O)OCc1ccc(NC(=O)O[C@@H]4OC(C(=O)O)[C@@H](O)[C@H](O)[C@H]4O)c(OCCOCCNC(=O)CCN4C(=O)C=CC4=O)c1)(C3)C2)c1ccc(CC(=O)NC)nc1C(=O)O. The Balaban J connectivity index is 0.924. The Bertz CT molecular complexity index is 2780. The predicted octanol–water partition coefficient (Wildman–Crippen LogP) is 1.90. The van der Waals surface area contributed by atoms with Crippen LogP contribution in [0.4, 0.5) is 15.3 Å². The molecule has 3 unspecified atom stereocenters. The van der Waals surface area contributed by atoms with Crippen LogP contribution in [-0.2, 0) is 60.7 Å². The lowest BCUT2D eigenvalue weighted by atomic mass is 9.39. The third-order valence-corrected chi connectivity index (χ3v) is 15.0. The van der Waals surface area contributed by atoms with Gasteiger partial charge in [-0.05, 0) is 85.5 Å². The summed E-state index contributed by atoms with van der Waals surface area (Å²) < 4.78 is 33.9. The maximum Gasteiger partial charge on any atom is 0.414 e. The molecule has 6 amide bonds. The van der Waals surface area contributed by atoms with Gasteiger partial charge in [0.25, 0.3) is 11.8 Å². The van der Waals surface area contributed by atoms with Crippen LogP contribution in [0.1, 0.15) is 93.0 Å². The van der Waals surface area contributed by atoms with Crippen molar-refractivity contribution in [1.82, 2.24) is 31.2 Å². The zero-order chi connectivity index (χ0) is 58.9. The number of aliphatic carboxylic acids is 1. The zero-order valence-corrected chi connectivity index (χ0v) is 45.6. The number of aromatic carboxylic acids is 1. The number of ether oxygens (including phenoxy) is 6. The van der Waals surface area contributed by atoms with Gasteiger partial charge in [-0.3, -0.25) is 29.4 Å². The van der Waals surface area contributed by atoms with Gasteiger partial charge in [0.2, 0.25) is 18.1 Å². The number of carboxylic acid groups (broad SMARTS) is 2. The Kier molecular flexibility index (Phi) is 19.6. The van der Waals surface area contributed by atoms with Gasteiger partial charge < -0.3 is 75.2 Å². The number of carboxylic acids is 2. The molecule has 6 aliphatic rings. The number of amides is 6. The number of carbonyl (C=O) groups excluding carboxylic acids is 6. The Morgan fingerprint density at radius 2 is 1.53 bits per heavy atom. The Morgan fingerprint density at radius 3 is 2.20 bits per heavy atom. The molecular weight excluding hydrogens is 1060 g/mol. The van der Waals surface area contributed by atoms with Crippen LogP contribution in [0.3, 0.4) is 0 Å². The highest BCUT2D eigenvalue weighted by Gasteiger charge is 2.66. The minimum absolute atomic E-state index is 0.00419. The number of imide groups is 1. The largest absolute Gasteiger partial charge is 0.489 e. The van der Waals surface area contributed by atoms with Crippen LogP contribution in [0.25, 0.3) is 5.57 Å². The van der Waals surface area contributed by atoms with E-state index in [-0.39, 0.29) is 105 Å². The number of hydrogen-bond acceptors (Lipinski definition) is 19. The Hall–Kier alpha value is -7.49. The van der Waals surface area contributed by atoms with E-state index in [1.165, 1.54) is 25.2 Å². The van der Waals surface area contributed by atoms with Gasteiger partial charge in [-0.1, -0.05) is 38.6 Å². The fourth-order valence-electron chi connectivity index (χ4n) is 12.7. The molecule has 26 nitrogen and oxygen atoms in total. The molecule has 81 heavy (non-hydrogen) atoms. The monoisotopic (exact) mass is 1130 g/mol. The lowest BCUT2D eigenvalue weighted by molar-refractivity contribution is -0.277. The lowest BCUT2D eigenvalue weighted by Crippen LogP contribution is -2.65. The van der Waals surface area contributed by atoms with Gasteiger partial charge in [0, 0.05) is 68.6 Å². The van der Waals surface area contributed by atoms with E-state index in [1.807, 2.05) is 6.92 Å². The van der Waals surface area contributed by atoms with E-state index < -0.39 is 78.2 Å². The van der Waals surface area contributed by atoms with Crippen molar-refractivity contribution in [1.29, 1.82) is 0 Å². The Morgan fingerprint density at radius 1 is 0.827 bits per heavy atom. The van der Waals surface area contributed by atoms with Crippen LogP contribution in [0.15, 0.2) is 60.8 Å². The van der Waals surface area contributed by atoms with E-state index in [9.17, 15) is 63.9 Å². The number of rotatable bonds is 27. The quantitative estimate of drug-likeness (QED) is 0.0347. The van der Waals surface area contributed by atoms with Crippen LogP contribution >= 0.6 is 0 Å². The van der Waals surface area contributed by atoms with Crippen molar-refractivity contribution >= 4 is 59.0 Å². The molecule has 0 radical (unpaired) electrons. The highest BCUT2D eigenvalue weighted by atomic mass is 16.7.